The van der Waals surface area contributed by atoms with E-state index in [2.05, 4.69) is 17.4 Å². The van der Waals surface area contributed by atoms with Crippen LogP contribution >= 0.6 is 0 Å². The zero-order chi connectivity index (χ0) is 24.6. The van der Waals surface area contributed by atoms with Crippen LogP contribution in [0.1, 0.15) is 34.0 Å². The minimum absolute atomic E-state index is 0.0185. The van der Waals surface area contributed by atoms with Gasteiger partial charge >= 0.3 is 0 Å². The summed E-state index contributed by atoms with van der Waals surface area (Å²) < 4.78 is 7.14. The van der Waals surface area contributed by atoms with Crippen LogP contribution in [0.25, 0.3) is 10.8 Å². The molecular weight excluding hydrogens is 450 g/mol. The number of carbonyl (C=O) groups is 1. The highest BCUT2D eigenvalue weighted by atomic mass is 16.5. The Morgan fingerprint density at radius 1 is 0.944 bits per heavy atom. The topological polar surface area (TPSA) is 63.6 Å². The van der Waals surface area contributed by atoms with E-state index in [1.165, 1.54) is 0 Å². The van der Waals surface area contributed by atoms with Gasteiger partial charge in [-0.3, -0.25) is 9.59 Å². The van der Waals surface area contributed by atoms with Crippen LogP contribution < -0.4 is 15.6 Å². The van der Waals surface area contributed by atoms with Gasteiger partial charge in [0.2, 0.25) is 0 Å². The molecule has 4 aromatic rings. The molecule has 3 heterocycles. The molecule has 6 nitrogen and oxygen atoms in total. The van der Waals surface area contributed by atoms with Crippen molar-refractivity contribution in [1.82, 2.24) is 9.47 Å². The third kappa shape index (κ3) is 4.13. The molecule has 0 spiro atoms. The molecule has 1 saturated heterocycles. The minimum Gasteiger partial charge on any atom is -0.497 e. The van der Waals surface area contributed by atoms with Crippen LogP contribution in [0.4, 0.5) is 5.69 Å². The summed E-state index contributed by atoms with van der Waals surface area (Å²) in [7, 11) is 1.65. The first-order valence-electron chi connectivity index (χ1n) is 12.5. The van der Waals surface area contributed by atoms with Crippen molar-refractivity contribution in [3.63, 3.8) is 0 Å². The second kappa shape index (κ2) is 9.19. The average Bonchev–Trinajstić information content (AvgIpc) is 2.92. The number of rotatable bonds is 5. The number of pyridine rings is 1. The number of amides is 1. The lowest BCUT2D eigenvalue weighted by atomic mass is 9.83. The number of carbonyl (C=O) groups excluding carboxylic acids is 1. The van der Waals surface area contributed by atoms with Crippen molar-refractivity contribution in [2.75, 3.05) is 25.5 Å². The fourth-order valence-electron chi connectivity index (χ4n) is 5.69. The van der Waals surface area contributed by atoms with Crippen molar-refractivity contribution in [1.29, 1.82) is 0 Å². The van der Waals surface area contributed by atoms with Crippen LogP contribution in [0.3, 0.4) is 0 Å². The summed E-state index contributed by atoms with van der Waals surface area (Å²) >= 11 is 0. The van der Waals surface area contributed by atoms with Crippen LogP contribution in [0.2, 0.25) is 0 Å². The number of nitrogens with one attached hydrogen (secondary N) is 1. The molecule has 6 heteroatoms. The summed E-state index contributed by atoms with van der Waals surface area (Å²) in [5.41, 5.74) is 3.47. The number of methoxy groups -OCH3 is 1. The summed E-state index contributed by atoms with van der Waals surface area (Å²) in [5.74, 6) is 1.33. The van der Waals surface area contributed by atoms with Crippen molar-refractivity contribution in [3.8, 4) is 5.75 Å². The lowest BCUT2D eigenvalue weighted by Gasteiger charge is -2.43. The van der Waals surface area contributed by atoms with E-state index in [1.54, 1.807) is 7.11 Å². The van der Waals surface area contributed by atoms with E-state index in [4.69, 9.17) is 4.74 Å². The van der Waals surface area contributed by atoms with Gasteiger partial charge in [-0.2, -0.15) is 0 Å². The van der Waals surface area contributed by atoms with Crippen molar-refractivity contribution in [2.45, 2.75) is 25.4 Å². The van der Waals surface area contributed by atoms with E-state index in [0.29, 0.717) is 31.9 Å². The first-order chi connectivity index (χ1) is 17.6. The van der Waals surface area contributed by atoms with Crippen LogP contribution in [0.5, 0.6) is 5.75 Å². The number of fused-ring (bicyclic) bond motifs is 5. The number of nitrogens with zero attached hydrogens (tertiary/aromatic N) is 2. The Bertz CT molecular complexity index is 1490. The zero-order valence-electron chi connectivity index (χ0n) is 20.3. The molecule has 182 valence electrons. The van der Waals surface area contributed by atoms with Gasteiger partial charge in [-0.1, -0.05) is 42.5 Å². The van der Waals surface area contributed by atoms with Crippen LogP contribution in [-0.2, 0) is 13.1 Å². The van der Waals surface area contributed by atoms with E-state index in [-0.39, 0.29) is 23.3 Å². The van der Waals surface area contributed by atoms with Crippen molar-refractivity contribution >= 4 is 22.4 Å². The lowest BCUT2D eigenvalue weighted by molar-refractivity contribution is 0.0595. The van der Waals surface area contributed by atoms with E-state index in [1.807, 2.05) is 76.2 Å². The summed E-state index contributed by atoms with van der Waals surface area (Å²) in [6.07, 6.45) is 1.01. The highest BCUT2D eigenvalue weighted by Gasteiger charge is 2.37. The van der Waals surface area contributed by atoms with Gasteiger partial charge in [0.1, 0.15) is 11.4 Å². The first kappa shape index (κ1) is 22.4. The second-order valence-corrected chi connectivity index (χ2v) is 9.86. The number of hydrogen-bond donors (Lipinski definition) is 1. The molecule has 36 heavy (non-hydrogen) atoms. The van der Waals surface area contributed by atoms with Gasteiger partial charge in [0.05, 0.1) is 7.11 Å². The third-order valence-electron chi connectivity index (χ3n) is 7.53. The van der Waals surface area contributed by atoms with Crippen molar-refractivity contribution in [2.24, 2.45) is 5.92 Å². The number of anilines is 1. The standard InChI is InChI=1S/C30H29N3O3/c1-36-26-10-6-20(7-11-26)16-31-27-12-13-28-25-14-21(18-33(28)30(27)35)17-32(19-25)29(34)24-9-8-22-4-2-3-5-23(22)15-24/h2-13,15,21,25,31H,14,16-19H2,1H3. The molecule has 0 radical (unpaired) electrons. The number of hydrogen-bond acceptors (Lipinski definition) is 4. The predicted octanol–water partition coefficient (Wildman–Crippen LogP) is 4.88. The van der Waals surface area contributed by atoms with Crippen LogP contribution in [0.15, 0.2) is 83.7 Å². The molecule has 2 unspecified atom stereocenters. The summed E-state index contributed by atoms with van der Waals surface area (Å²) in [6.45, 7) is 2.53. The maximum Gasteiger partial charge on any atom is 0.274 e. The van der Waals surface area contributed by atoms with E-state index in [9.17, 15) is 9.59 Å². The fraction of sp³-hybridized carbons (Fsp3) is 0.267. The van der Waals surface area contributed by atoms with Crippen LogP contribution in [-0.4, -0.2) is 35.6 Å². The van der Waals surface area contributed by atoms with E-state index >= 15 is 0 Å². The maximum atomic E-state index is 13.4. The smallest absolute Gasteiger partial charge is 0.274 e. The highest BCUT2D eigenvalue weighted by Crippen LogP contribution is 2.36. The third-order valence-corrected chi connectivity index (χ3v) is 7.53. The van der Waals surface area contributed by atoms with Crippen LogP contribution in [0, 0.1) is 5.92 Å². The molecular formula is C30H29N3O3. The van der Waals surface area contributed by atoms with Gasteiger partial charge in [-0.15, -0.1) is 0 Å². The van der Waals surface area contributed by atoms with Crippen molar-refractivity contribution in [3.05, 3.63) is 106 Å². The second-order valence-electron chi connectivity index (χ2n) is 9.86. The zero-order valence-corrected chi connectivity index (χ0v) is 20.3. The molecule has 2 bridgehead atoms. The largest absolute Gasteiger partial charge is 0.497 e. The number of benzene rings is 3. The van der Waals surface area contributed by atoms with Gasteiger partial charge in [-0.25, -0.2) is 0 Å². The lowest BCUT2D eigenvalue weighted by Crippen LogP contribution is -2.49. The molecule has 1 amide bonds. The molecule has 1 N–H and O–H groups in total. The fourth-order valence-corrected chi connectivity index (χ4v) is 5.69. The molecule has 0 saturated carbocycles. The molecule has 6 rings (SSSR count). The Morgan fingerprint density at radius 3 is 2.56 bits per heavy atom. The van der Waals surface area contributed by atoms with Gasteiger partial charge < -0.3 is 19.5 Å². The Labute approximate surface area is 210 Å². The molecule has 2 aliphatic rings. The van der Waals surface area contributed by atoms with E-state index < -0.39 is 0 Å². The minimum atomic E-state index is 0.0185. The maximum absolute atomic E-state index is 13.4. The Balaban J connectivity index is 1.19. The van der Waals surface area contributed by atoms with Gasteiger partial charge in [0, 0.05) is 43.4 Å². The van der Waals surface area contributed by atoms with Gasteiger partial charge in [0.25, 0.3) is 11.5 Å². The predicted molar refractivity (Wildman–Crippen MR) is 142 cm³/mol. The molecule has 1 aromatic heterocycles. The number of ether oxygens (including phenoxy) is 1. The summed E-state index contributed by atoms with van der Waals surface area (Å²) in [6, 6.07) is 25.8. The average molecular weight is 480 g/mol. The Morgan fingerprint density at radius 2 is 1.75 bits per heavy atom. The van der Waals surface area contributed by atoms with Gasteiger partial charge in [0.15, 0.2) is 0 Å². The van der Waals surface area contributed by atoms with Crippen molar-refractivity contribution < 1.29 is 9.53 Å². The summed E-state index contributed by atoms with van der Waals surface area (Å²) in [5, 5.41) is 5.52. The molecule has 2 aliphatic heterocycles. The molecule has 1 fully saturated rings. The SMILES string of the molecule is COc1ccc(CNc2ccc3n(c2=O)CC2CC3CN(C(=O)c3ccc4ccccc4c3)C2)cc1. The molecule has 0 aliphatic carbocycles. The molecule has 3 aromatic carbocycles. The molecule has 2 atom stereocenters. The number of aromatic nitrogens is 1. The summed E-state index contributed by atoms with van der Waals surface area (Å²) in [4.78, 5) is 28.7. The van der Waals surface area contributed by atoms with Gasteiger partial charge in [-0.05, 0) is 65.1 Å². The quantitative estimate of drug-likeness (QED) is 0.443. The normalized spacial score (nSPS) is 18.5. The Hall–Kier alpha value is -4.06. The first-order valence-corrected chi connectivity index (χ1v) is 12.5. The highest BCUT2D eigenvalue weighted by molar-refractivity contribution is 5.98. The monoisotopic (exact) mass is 479 g/mol. The number of likely N-dealkylation sites (tertiary alicyclic amines) is 1. The number of piperidine rings is 1. The Kier molecular flexibility index (Phi) is 5.72. The van der Waals surface area contributed by atoms with E-state index in [0.717, 1.165) is 39.8 Å².